The second-order valence-electron chi connectivity index (χ2n) is 6.33. The first-order valence-electron chi connectivity index (χ1n) is 8.30. The van der Waals surface area contributed by atoms with E-state index in [4.69, 9.17) is 11.6 Å². The summed E-state index contributed by atoms with van der Waals surface area (Å²) in [6.07, 6.45) is 5.43. The molecule has 1 saturated heterocycles. The molecule has 1 aliphatic heterocycles. The highest BCUT2D eigenvalue weighted by Crippen LogP contribution is 2.19. The summed E-state index contributed by atoms with van der Waals surface area (Å²) in [5, 5.41) is 8.92. The molecule has 8 heteroatoms. The van der Waals surface area contributed by atoms with Gasteiger partial charge >= 0.3 is 6.03 Å². The normalized spacial score (nSPS) is 18.9. The maximum Gasteiger partial charge on any atom is 0.319 e. The highest BCUT2D eigenvalue weighted by molar-refractivity contribution is 6.32. The Morgan fingerprint density at radius 1 is 1.17 bits per heavy atom. The Kier molecular flexibility index (Phi) is 5.52. The molecule has 1 aromatic heterocycles. The van der Waals surface area contributed by atoms with E-state index < -0.39 is 0 Å². The largest absolute Gasteiger partial charge is 0.352 e. The fourth-order valence-corrected chi connectivity index (χ4v) is 2.93. The number of amides is 3. The third-order valence-corrected chi connectivity index (χ3v) is 4.54. The van der Waals surface area contributed by atoms with Gasteiger partial charge in [0.2, 0.25) is 5.91 Å². The number of nitrogens with one attached hydrogen (secondary N) is 3. The van der Waals surface area contributed by atoms with Crippen molar-refractivity contribution in [1.29, 1.82) is 0 Å². The number of urea groups is 1. The van der Waals surface area contributed by atoms with Crippen LogP contribution in [0.5, 0.6) is 0 Å². The molecule has 0 unspecified atom stereocenters. The van der Waals surface area contributed by atoms with Crippen LogP contribution in [-0.4, -0.2) is 53.5 Å². The smallest absolute Gasteiger partial charge is 0.319 e. The number of aromatic nitrogens is 1. The first-order chi connectivity index (χ1) is 11.6. The number of hydrogen-bond donors (Lipinski definition) is 3. The molecule has 0 radical (unpaired) electrons. The molecule has 130 valence electrons. The van der Waals surface area contributed by atoms with E-state index in [1.165, 1.54) is 0 Å². The summed E-state index contributed by atoms with van der Waals surface area (Å²) in [6, 6.07) is 3.64. The van der Waals surface area contributed by atoms with Crippen molar-refractivity contribution in [2.45, 2.75) is 37.8 Å². The number of nitrogens with zero attached hydrogens (tertiary/aromatic N) is 2. The lowest BCUT2D eigenvalue weighted by atomic mass is 10.1. The summed E-state index contributed by atoms with van der Waals surface area (Å²) in [5.74, 6) is 0.105. The van der Waals surface area contributed by atoms with Crippen LogP contribution in [-0.2, 0) is 4.79 Å². The Balaban J connectivity index is 1.37. The van der Waals surface area contributed by atoms with Crippen molar-refractivity contribution in [3.8, 4) is 0 Å². The van der Waals surface area contributed by atoms with Gasteiger partial charge in [-0.05, 0) is 37.8 Å². The zero-order valence-corrected chi connectivity index (χ0v) is 14.2. The summed E-state index contributed by atoms with van der Waals surface area (Å²) >= 11 is 5.92. The lowest BCUT2D eigenvalue weighted by Crippen LogP contribution is -2.48. The van der Waals surface area contributed by atoms with Crippen molar-refractivity contribution in [3.05, 3.63) is 23.5 Å². The molecule has 2 heterocycles. The van der Waals surface area contributed by atoms with Crippen LogP contribution in [0.25, 0.3) is 0 Å². The number of likely N-dealkylation sites (tertiary alicyclic amines) is 1. The van der Waals surface area contributed by atoms with Gasteiger partial charge in [-0.3, -0.25) is 9.69 Å². The van der Waals surface area contributed by atoms with E-state index in [2.05, 4.69) is 25.8 Å². The van der Waals surface area contributed by atoms with Gasteiger partial charge in [-0.1, -0.05) is 11.6 Å². The van der Waals surface area contributed by atoms with Crippen molar-refractivity contribution in [2.75, 3.05) is 25.0 Å². The lowest BCUT2D eigenvalue weighted by Gasteiger charge is -2.31. The van der Waals surface area contributed by atoms with E-state index in [-0.39, 0.29) is 23.1 Å². The molecule has 1 saturated carbocycles. The average molecular weight is 352 g/mol. The van der Waals surface area contributed by atoms with Crippen LogP contribution in [0.15, 0.2) is 18.3 Å². The number of carbonyl (C=O) groups is 2. The van der Waals surface area contributed by atoms with Gasteiger partial charge in [-0.25, -0.2) is 9.78 Å². The van der Waals surface area contributed by atoms with Crippen LogP contribution in [0.4, 0.5) is 10.5 Å². The number of anilines is 1. The maximum absolute atomic E-state index is 12.0. The number of halogens is 1. The maximum atomic E-state index is 12.0. The van der Waals surface area contributed by atoms with E-state index in [1.807, 2.05) is 0 Å². The van der Waals surface area contributed by atoms with Gasteiger partial charge < -0.3 is 16.0 Å². The Bertz CT molecular complexity index is 600. The molecule has 24 heavy (non-hydrogen) atoms. The fourth-order valence-electron chi connectivity index (χ4n) is 2.76. The number of pyridine rings is 1. The predicted octanol–water partition coefficient (Wildman–Crippen LogP) is 1.60. The molecular weight excluding hydrogens is 330 g/mol. The summed E-state index contributed by atoms with van der Waals surface area (Å²) in [6.45, 7) is 2.05. The van der Waals surface area contributed by atoms with Crippen molar-refractivity contribution < 1.29 is 9.59 Å². The molecule has 7 nitrogen and oxygen atoms in total. The minimum Gasteiger partial charge on any atom is -0.352 e. The van der Waals surface area contributed by atoms with Crippen LogP contribution < -0.4 is 16.0 Å². The molecular formula is C16H22ClN5O2. The molecule has 0 atom stereocenters. The van der Waals surface area contributed by atoms with Crippen LogP contribution in [0.1, 0.15) is 25.7 Å². The highest BCUT2D eigenvalue weighted by Gasteiger charge is 2.26. The monoisotopic (exact) mass is 351 g/mol. The van der Waals surface area contributed by atoms with E-state index in [0.717, 1.165) is 38.8 Å². The average Bonchev–Trinajstić information content (AvgIpc) is 3.35. The minimum atomic E-state index is -0.283. The quantitative estimate of drug-likeness (QED) is 0.703. The van der Waals surface area contributed by atoms with Gasteiger partial charge in [0.05, 0.1) is 12.2 Å². The van der Waals surface area contributed by atoms with E-state index >= 15 is 0 Å². The summed E-state index contributed by atoms with van der Waals surface area (Å²) in [5.41, 5.74) is 0.492. The fraction of sp³-hybridized carbons (Fsp3) is 0.562. The second kappa shape index (κ2) is 7.81. The number of carbonyl (C=O) groups excluding carboxylic acids is 2. The zero-order chi connectivity index (χ0) is 16.9. The van der Waals surface area contributed by atoms with Gasteiger partial charge in [0.25, 0.3) is 0 Å². The molecule has 0 bridgehead atoms. The van der Waals surface area contributed by atoms with Crippen molar-refractivity contribution in [3.63, 3.8) is 0 Å². The lowest BCUT2D eigenvalue weighted by molar-refractivity contribution is -0.122. The second-order valence-corrected chi connectivity index (χ2v) is 6.69. The topological polar surface area (TPSA) is 86.4 Å². The van der Waals surface area contributed by atoms with Crippen LogP contribution in [0.3, 0.4) is 0 Å². The van der Waals surface area contributed by atoms with Crippen molar-refractivity contribution in [2.24, 2.45) is 0 Å². The molecule has 3 rings (SSSR count). The van der Waals surface area contributed by atoms with Gasteiger partial charge in [0.1, 0.15) is 0 Å². The van der Waals surface area contributed by atoms with Gasteiger partial charge in [-0.15, -0.1) is 0 Å². The molecule has 1 aromatic rings. The van der Waals surface area contributed by atoms with E-state index in [9.17, 15) is 9.59 Å². The third-order valence-electron chi connectivity index (χ3n) is 4.24. The first kappa shape index (κ1) is 17.0. The Hall–Kier alpha value is -1.86. The molecule has 3 N–H and O–H groups in total. The summed E-state index contributed by atoms with van der Waals surface area (Å²) < 4.78 is 0. The van der Waals surface area contributed by atoms with Crippen LogP contribution in [0, 0.1) is 0 Å². The summed E-state index contributed by atoms with van der Waals surface area (Å²) in [4.78, 5) is 29.9. The summed E-state index contributed by atoms with van der Waals surface area (Å²) in [7, 11) is 0. The number of hydrogen-bond acceptors (Lipinski definition) is 4. The van der Waals surface area contributed by atoms with Gasteiger partial charge in [0, 0.05) is 31.4 Å². The molecule has 2 fully saturated rings. The molecule has 0 spiro atoms. The van der Waals surface area contributed by atoms with E-state index in [0.29, 0.717) is 18.3 Å². The van der Waals surface area contributed by atoms with Crippen molar-refractivity contribution >= 4 is 29.2 Å². The number of piperidine rings is 1. The Morgan fingerprint density at radius 3 is 2.54 bits per heavy atom. The standard InChI is InChI=1S/C16H22ClN5O2/c17-15-13(2-1-7-18-15)21-16(24)20-12-5-8-22(9-6-12)10-14(23)19-11-3-4-11/h1-2,7,11-12H,3-6,8-10H2,(H,19,23)(H2,20,21,24). The zero-order valence-electron chi connectivity index (χ0n) is 13.4. The number of rotatable bonds is 5. The van der Waals surface area contributed by atoms with Crippen molar-refractivity contribution in [1.82, 2.24) is 20.5 Å². The predicted molar refractivity (Wildman–Crippen MR) is 92.0 cm³/mol. The van der Waals surface area contributed by atoms with Gasteiger partial charge in [0.15, 0.2) is 5.15 Å². The molecule has 0 aromatic carbocycles. The Labute approximate surface area is 146 Å². The Morgan fingerprint density at radius 2 is 1.88 bits per heavy atom. The van der Waals surface area contributed by atoms with Gasteiger partial charge in [-0.2, -0.15) is 0 Å². The van der Waals surface area contributed by atoms with E-state index in [1.54, 1.807) is 18.3 Å². The minimum absolute atomic E-state index is 0.100. The molecule has 1 aliphatic carbocycles. The molecule has 3 amide bonds. The first-order valence-corrected chi connectivity index (χ1v) is 8.67. The van der Waals surface area contributed by atoms with Crippen LogP contribution >= 0.6 is 11.6 Å². The SMILES string of the molecule is O=C(CN1CCC(NC(=O)Nc2cccnc2Cl)CC1)NC1CC1. The molecule has 2 aliphatic rings. The third kappa shape index (κ3) is 5.07. The highest BCUT2D eigenvalue weighted by atomic mass is 35.5. The van der Waals surface area contributed by atoms with Crippen LogP contribution in [0.2, 0.25) is 5.15 Å².